The average molecular weight is 544 g/mol. The van der Waals surface area contributed by atoms with Crippen LogP contribution in [0.4, 0.5) is 0 Å². The summed E-state index contributed by atoms with van der Waals surface area (Å²) in [6.45, 7) is 5.34. The number of fused-ring (bicyclic) bond motifs is 2. The zero-order chi connectivity index (χ0) is 27.7. The third kappa shape index (κ3) is 5.40. The largest absolute Gasteiger partial charge is 0.457 e. The van der Waals surface area contributed by atoms with Gasteiger partial charge in [0.2, 0.25) is 0 Å². The minimum atomic E-state index is -1.74. The summed E-state index contributed by atoms with van der Waals surface area (Å²) in [6, 6.07) is 0. The second kappa shape index (κ2) is 11.7. The zero-order valence-electron chi connectivity index (χ0n) is 24.3. The Balaban J connectivity index is 1.34. The number of carbonyl (C=O) groups excluding carboxylic acids is 3. The lowest BCUT2D eigenvalue weighted by Crippen LogP contribution is -2.94. The highest BCUT2D eigenvalue weighted by Gasteiger charge is 2.87. The second-order valence-electron chi connectivity index (χ2n) is 13.4. The number of epoxide rings is 1. The molecule has 4 N–H and O–H groups in total. The summed E-state index contributed by atoms with van der Waals surface area (Å²) in [5.41, 5.74) is 3.68. The van der Waals surface area contributed by atoms with Crippen LogP contribution in [0.15, 0.2) is 11.6 Å². The van der Waals surface area contributed by atoms with Crippen molar-refractivity contribution >= 4 is 17.5 Å². The van der Waals surface area contributed by atoms with Gasteiger partial charge in [-0.15, -0.1) is 0 Å². The van der Waals surface area contributed by atoms with E-state index in [2.05, 4.69) is 25.2 Å². The molecule has 7 nitrogen and oxygen atoms in total. The van der Waals surface area contributed by atoms with E-state index in [1.165, 1.54) is 12.0 Å². The Morgan fingerprint density at radius 3 is 2.49 bits per heavy atom. The van der Waals surface area contributed by atoms with E-state index in [0.717, 1.165) is 90.0 Å². The van der Waals surface area contributed by atoms with Crippen molar-refractivity contribution < 1.29 is 29.2 Å². The third-order valence-electron chi connectivity index (χ3n) is 10.7. The molecule has 2 aliphatic heterocycles. The van der Waals surface area contributed by atoms with Gasteiger partial charge in [-0.3, -0.25) is 15.3 Å². The quantitative estimate of drug-likeness (QED) is 0.132. The van der Waals surface area contributed by atoms with Crippen LogP contribution in [0.3, 0.4) is 0 Å². The highest BCUT2D eigenvalue weighted by Crippen LogP contribution is 2.62. The van der Waals surface area contributed by atoms with Gasteiger partial charge in [0.1, 0.15) is 11.8 Å². The molecular formula is C32H51N2O5+. The van der Waals surface area contributed by atoms with E-state index < -0.39 is 28.7 Å². The average Bonchev–Trinajstić information content (AvgIpc) is 3.45. The number of ether oxygens (including phenoxy) is 2. The molecule has 0 amide bonds. The van der Waals surface area contributed by atoms with Crippen molar-refractivity contribution in [2.75, 3.05) is 6.54 Å². The van der Waals surface area contributed by atoms with Crippen LogP contribution in [0.1, 0.15) is 123 Å². The number of rotatable bonds is 11. The molecule has 6 atom stereocenters. The number of carbonyl (C=O) groups is 3. The van der Waals surface area contributed by atoms with E-state index in [9.17, 15) is 14.4 Å². The van der Waals surface area contributed by atoms with Gasteiger partial charge in [0.15, 0.2) is 17.2 Å². The molecule has 6 unspecified atom stereocenters. The van der Waals surface area contributed by atoms with Crippen molar-refractivity contribution in [3.05, 3.63) is 11.6 Å². The second-order valence-corrected chi connectivity index (χ2v) is 13.4. The predicted molar refractivity (Wildman–Crippen MR) is 149 cm³/mol. The molecule has 0 spiro atoms. The first-order valence-corrected chi connectivity index (χ1v) is 16.0. The number of unbranched alkanes of at least 4 members (excludes halogenated alkanes) is 2. The number of piperidine rings is 1. The van der Waals surface area contributed by atoms with Crippen molar-refractivity contribution in [2.45, 2.75) is 146 Å². The molecule has 0 aromatic heterocycles. The van der Waals surface area contributed by atoms with Crippen molar-refractivity contribution in [3.63, 3.8) is 0 Å². The smallest absolute Gasteiger partial charge is 0.350 e. The Hall–Kier alpha value is -1.57. The van der Waals surface area contributed by atoms with Gasteiger partial charge in [0, 0.05) is 24.7 Å². The van der Waals surface area contributed by atoms with Gasteiger partial charge in [0.05, 0.1) is 6.54 Å². The lowest BCUT2D eigenvalue weighted by molar-refractivity contribution is -0.699. The molecule has 218 valence electrons. The summed E-state index contributed by atoms with van der Waals surface area (Å²) >= 11 is 0. The van der Waals surface area contributed by atoms with E-state index in [0.29, 0.717) is 18.8 Å². The SMILES string of the molecule is CCCCCC1(OC(=O)C23OC2(CC=C(C)CCC2CC[NH2+]C(N)C2)C(=O)C2CCCCC2C3=O)CCCC1. The minimum Gasteiger partial charge on any atom is -0.457 e. The number of hydrogen-bond acceptors (Lipinski definition) is 6. The zero-order valence-corrected chi connectivity index (χ0v) is 24.3. The van der Waals surface area contributed by atoms with Crippen molar-refractivity contribution in [1.82, 2.24) is 0 Å². The lowest BCUT2D eigenvalue weighted by Gasteiger charge is -2.38. The lowest BCUT2D eigenvalue weighted by atomic mass is 9.61. The van der Waals surface area contributed by atoms with Gasteiger partial charge in [-0.25, -0.2) is 4.79 Å². The normalized spacial score (nSPS) is 37.8. The Labute approximate surface area is 234 Å². The molecule has 3 aliphatic carbocycles. The molecule has 5 fully saturated rings. The summed E-state index contributed by atoms with van der Waals surface area (Å²) in [6.07, 6.45) is 17.8. The minimum absolute atomic E-state index is 0.0342. The van der Waals surface area contributed by atoms with Crippen LogP contribution in [-0.2, 0) is 23.9 Å². The van der Waals surface area contributed by atoms with Crippen LogP contribution in [0.25, 0.3) is 0 Å². The maximum atomic E-state index is 14.0. The number of allylic oxidation sites excluding steroid dienone is 1. The summed E-state index contributed by atoms with van der Waals surface area (Å²) in [5.74, 6) is -0.916. The Kier molecular flexibility index (Phi) is 8.71. The molecule has 2 saturated heterocycles. The number of ketones is 2. The maximum absolute atomic E-state index is 14.0. The molecule has 0 bridgehead atoms. The molecule has 7 heteroatoms. The van der Waals surface area contributed by atoms with E-state index in [1.807, 2.05) is 0 Å². The number of hydrogen-bond donors (Lipinski definition) is 2. The van der Waals surface area contributed by atoms with Crippen LogP contribution >= 0.6 is 0 Å². The molecule has 5 rings (SSSR count). The van der Waals surface area contributed by atoms with Gasteiger partial charge in [-0.05, 0) is 83.5 Å². The van der Waals surface area contributed by atoms with Crippen LogP contribution in [0, 0.1) is 17.8 Å². The molecular weight excluding hydrogens is 492 g/mol. The molecule has 3 saturated carbocycles. The predicted octanol–water partition coefficient (Wildman–Crippen LogP) is 4.26. The summed E-state index contributed by atoms with van der Waals surface area (Å²) in [7, 11) is 0. The summed E-state index contributed by atoms with van der Waals surface area (Å²) in [4.78, 5) is 42.1. The van der Waals surface area contributed by atoms with Crippen molar-refractivity contribution in [1.29, 1.82) is 0 Å². The summed E-state index contributed by atoms with van der Waals surface area (Å²) in [5, 5.41) is 2.21. The molecule has 2 heterocycles. The maximum Gasteiger partial charge on any atom is 0.350 e. The highest BCUT2D eigenvalue weighted by molar-refractivity contribution is 6.23. The number of Topliss-reactive ketones (excluding diaryl/α,β-unsaturated/α-hetero) is 2. The molecule has 5 aliphatic rings. The number of esters is 1. The first kappa shape index (κ1) is 28.9. The number of quaternary nitrogens is 1. The fourth-order valence-corrected chi connectivity index (χ4v) is 8.27. The standard InChI is InChI=1S/C32H50N2O5/c1-3-4-7-16-30(17-8-9-18-30)38-29(37)32-28(36)25-11-6-5-10-24(25)27(35)31(32,39-32)19-14-22(2)12-13-23-15-20-34-26(33)21-23/h14,23-26,34H,3-13,15-21,33H2,1-2H3/p+1. The van der Waals surface area contributed by atoms with E-state index in [-0.39, 0.29) is 30.1 Å². The fourth-order valence-electron chi connectivity index (χ4n) is 8.27. The van der Waals surface area contributed by atoms with Gasteiger partial charge in [-0.2, -0.15) is 0 Å². The molecule has 0 aromatic rings. The molecule has 0 radical (unpaired) electrons. The first-order chi connectivity index (χ1) is 18.8. The van der Waals surface area contributed by atoms with Gasteiger partial charge in [0.25, 0.3) is 5.60 Å². The monoisotopic (exact) mass is 543 g/mol. The highest BCUT2D eigenvalue weighted by atomic mass is 16.7. The van der Waals surface area contributed by atoms with Crippen LogP contribution in [0.5, 0.6) is 0 Å². The van der Waals surface area contributed by atoms with Gasteiger partial charge in [-0.1, -0.05) is 44.3 Å². The first-order valence-electron chi connectivity index (χ1n) is 16.0. The van der Waals surface area contributed by atoms with Crippen LogP contribution in [-0.4, -0.2) is 47.0 Å². The van der Waals surface area contributed by atoms with Crippen LogP contribution in [0.2, 0.25) is 0 Å². The van der Waals surface area contributed by atoms with Crippen molar-refractivity contribution in [3.8, 4) is 0 Å². The van der Waals surface area contributed by atoms with Gasteiger partial charge >= 0.3 is 5.97 Å². The Morgan fingerprint density at radius 2 is 1.79 bits per heavy atom. The van der Waals surface area contributed by atoms with E-state index in [1.54, 1.807) is 0 Å². The Bertz CT molecular complexity index is 972. The fraction of sp³-hybridized carbons (Fsp3) is 0.844. The van der Waals surface area contributed by atoms with Crippen molar-refractivity contribution in [2.24, 2.45) is 23.5 Å². The third-order valence-corrected chi connectivity index (χ3v) is 10.7. The van der Waals surface area contributed by atoms with E-state index >= 15 is 0 Å². The molecule has 0 aromatic carbocycles. The number of nitrogens with two attached hydrogens (primary N) is 2. The van der Waals surface area contributed by atoms with Gasteiger partial charge < -0.3 is 14.8 Å². The summed E-state index contributed by atoms with van der Waals surface area (Å²) < 4.78 is 12.6. The Morgan fingerprint density at radius 1 is 1.08 bits per heavy atom. The van der Waals surface area contributed by atoms with Crippen LogP contribution < -0.4 is 11.1 Å². The van der Waals surface area contributed by atoms with E-state index in [4.69, 9.17) is 15.2 Å². The molecule has 39 heavy (non-hydrogen) atoms. The topological polar surface area (TPSA) is 116 Å².